The van der Waals surface area contributed by atoms with E-state index in [9.17, 15) is 5.11 Å². The Bertz CT molecular complexity index is 481. The van der Waals surface area contributed by atoms with Gasteiger partial charge in [0, 0.05) is 0 Å². The van der Waals surface area contributed by atoms with E-state index >= 15 is 0 Å². The van der Waals surface area contributed by atoms with Crippen molar-refractivity contribution in [3.8, 4) is 0 Å². The topological polar surface area (TPSA) is 33.4 Å². The maximum atomic E-state index is 10.6. The first-order chi connectivity index (χ1) is 7.51. The molecule has 2 rings (SSSR count). The van der Waals surface area contributed by atoms with Crippen molar-refractivity contribution in [2.24, 2.45) is 0 Å². The lowest BCUT2D eigenvalue weighted by Crippen LogP contribution is -2.23. The minimum absolute atomic E-state index is 0.571. The van der Waals surface area contributed by atoms with Crippen LogP contribution in [0.25, 0.3) is 0 Å². The number of hydrogen-bond donors (Lipinski definition) is 1. The highest BCUT2D eigenvalue weighted by Gasteiger charge is 2.30. The molecule has 0 radical (unpaired) electrons. The zero-order chi connectivity index (χ0) is 11.8. The van der Waals surface area contributed by atoms with Gasteiger partial charge in [-0.15, -0.1) is 0 Å². The second-order valence-electron chi connectivity index (χ2n) is 4.37. The van der Waals surface area contributed by atoms with Gasteiger partial charge in [-0.05, 0) is 44.0 Å². The van der Waals surface area contributed by atoms with E-state index in [0.717, 1.165) is 16.7 Å². The molecule has 84 valence electrons. The molecule has 0 saturated heterocycles. The second kappa shape index (κ2) is 3.80. The fourth-order valence-electron chi connectivity index (χ4n) is 1.95. The summed E-state index contributed by atoms with van der Waals surface area (Å²) >= 11 is 0. The zero-order valence-corrected chi connectivity index (χ0v) is 9.82. The summed E-state index contributed by atoms with van der Waals surface area (Å²) in [5.74, 6) is 0.571. The van der Waals surface area contributed by atoms with Gasteiger partial charge >= 0.3 is 0 Å². The van der Waals surface area contributed by atoms with Gasteiger partial charge in [-0.1, -0.05) is 23.8 Å². The maximum absolute atomic E-state index is 10.6. The molecule has 0 spiro atoms. The molecule has 1 aromatic carbocycles. The van der Waals surface area contributed by atoms with Crippen LogP contribution in [0.5, 0.6) is 0 Å². The van der Waals surface area contributed by atoms with Gasteiger partial charge in [0.05, 0.1) is 6.26 Å². The summed E-state index contributed by atoms with van der Waals surface area (Å²) in [6.07, 6.45) is 1.58. The first-order valence-electron chi connectivity index (χ1n) is 5.36. The van der Waals surface area contributed by atoms with Crippen molar-refractivity contribution in [3.05, 3.63) is 59.0 Å². The Kier molecular flexibility index (Phi) is 2.60. The van der Waals surface area contributed by atoms with Crippen molar-refractivity contribution >= 4 is 0 Å². The highest BCUT2D eigenvalue weighted by molar-refractivity contribution is 5.38. The van der Waals surface area contributed by atoms with E-state index in [2.05, 4.69) is 0 Å². The van der Waals surface area contributed by atoms with Gasteiger partial charge in [-0.2, -0.15) is 0 Å². The van der Waals surface area contributed by atoms with Crippen LogP contribution in [-0.2, 0) is 5.60 Å². The molecule has 2 nitrogen and oxygen atoms in total. The molecular formula is C14H16O2. The number of furan rings is 1. The van der Waals surface area contributed by atoms with Crippen LogP contribution in [0, 0.1) is 13.8 Å². The molecule has 0 aliphatic rings. The smallest absolute Gasteiger partial charge is 0.144 e. The van der Waals surface area contributed by atoms with Gasteiger partial charge in [0.25, 0.3) is 0 Å². The SMILES string of the molecule is Cc1ccc(C)c(C(C)(O)c2ccco2)c1. The monoisotopic (exact) mass is 216 g/mol. The Morgan fingerprint density at radius 1 is 1.19 bits per heavy atom. The highest BCUT2D eigenvalue weighted by Crippen LogP contribution is 2.31. The van der Waals surface area contributed by atoms with E-state index in [1.54, 1.807) is 25.3 Å². The Morgan fingerprint density at radius 3 is 2.56 bits per heavy atom. The first kappa shape index (κ1) is 11.0. The average molecular weight is 216 g/mol. The number of aliphatic hydroxyl groups is 1. The van der Waals surface area contributed by atoms with E-state index in [1.165, 1.54) is 0 Å². The first-order valence-corrected chi connectivity index (χ1v) is 5.36. The van der Waals surface area contributed by atoms with E-state index < -0.39 is 5.60 Å². The van der Waals surface area contributed by atoms with E-state index in [0.29, 0.717) is 5.76 Å². The van der Waals surface area contributed by atoms with Crippen LogP contribution in [0.1, 0.15) is 29.4 Å². The van der Waals surface area contributed by atoms with Crippen molar-refractivity contribution in [2.75, 3.05) is 0 Å². The summed E-state index contributed by atoms with van der Waals surface area (Å²) in [5.41, 5.74) is 2.02. The quantitative estimate of drug-likeness (QED) is 0.836. The Labute approximate surface area is 95.5 Å². The van der Waals surface area contributed by atoms with E-state index in [1.807, 2.05) is 32.0 Å². The molecule has 0 aliphatic carbocycles. The third-order valence-electron chi connectivity index (χ3n) is 2.92. The van der Waals surface area contributed by atoms with Crippen LogP contribution >= 0.6 is 0 Å². The van der Waals surface area contributed by atoms with Gasteiger partial charge < -0.3 is 9.52 Å². The lowest BCUT2D eigenvalue weighted by atomic mass is 9.89. The molecule has 16 heavy (non-hydrogen) atoms. The average Bonchev–Trinajstić information content (AvgIpc) is 2.75. The summed E-state index contributed by atoms with van der Waals surface area (Å²) in [6, 6.07) is 9.63. The van der Waals surface area contributed by atoms with Crippen molar-refractivity contribution in [1.29, 1.82) is 0 Å². The van der Waals surface area contributed by atoms with Gasteiger partial charge in [0.1, 0.15) is 11.4 Å². The summed E-state index contributed by atoms with van der Waals surface area (Å²) < 4.78 is 5.30. The van der Waals surface area contributed by atoms with E-state index in [4.69, 9.17) is 4.42 Å². The molecule has 1 N–H and O–H groups in total. The normalized spacial score (nSPS) is 14.8. The minimum atomic E-state index is -1.07. The second-order valence-corrected chi connectivity index (χ2v) is 4.37. The molecule has 0 fully saturated rings. The van der Waals surface area contributed by atoms with Crippen molar-refractivity contribution in [1.82, 2.24) is 0 Å². The van der Waals surface area contributed by atoms with Crippen molar-refractivity contribution < 1.29 is 9.52 Å². The molecule has 1 heterocycles. The highest BCUT2D eigenvalue weighted by atomic mass is 16.4. The molecule has 1 atom stereocenters. The molecule has 0 bridgehead atoms. The van der Waals surface area contributed by atoms with Crippen LogP contribution in [0.4, 0.5) is 0 Å². The summed E-state index contributed by atoms with van der Waals surface area (Å²) in [5, 5.41) is 10.6. The molecule has 1 aromatic heterocycles. The third-order valence-corrected chi connectivity index (χ3v) is 2.92. The third kappa shape index (κ3) is 1.76. The van der Waals surface area contributed by atoms with Crippen LogP contribution in [0.2, 0.25) is 0 Å². The minimum Gasteiger partial charge on any atom is -0.466 e. The van der Waals surface area contributed by atoms with Crippen molar-refractivity contribution in [3.63, 3.8) is 0 Å². The van der Waals surface area contributed by atoms with Crippen LogP contribution in [-0.4, -0.2) is 5.11 Å². The molecule has 0 aliphatic heterocycles. The van der Waals surface area contributed by atoms with Crippen molar-refractivity contribution in [2.45, 2.75) is 26.4 Å². The number of aryl methyl sites for hydroxylation is 2. The lowest BCUT2D eigenvalue weighted by molar-refractivity contribution is 0.0760. The standard InChI is InChI=1S/C14H16O2/c1-10-6-7-11(2)12(9-10)14(3,15)13-5-4-8-16-13/h4-9,15H,1-3H3. The molecule has 1 unspecified atom stereocenters. The molecule has 2 heteroatoms. The largest absolute Gasteiger partial charge is 0.466 e. The van der Waals surface area contributed by atoms with Gasteiger partial charge in [-0.25, -0.2) is 0 Å². The molecule has 0 amide bonds. The summed E-state index contributed by atoms with van der Waals surface area (Å²) in [4.78, 5) is 0. The van der Waals surface area contributed by atoms with Crippen LogP contribution in [0.3, 0.4) is 0 Å². The Balaban J connectivity index is 2.55. The summed E-state index contributed by atoms with van der Waals surface area (Å²) in [6.45, 7) is 5.76. The Hall–Kier alpha value is -1.54. The Morgan fingerprint density at radius 2 is 1.94 bits per heavy atom. The molecule has 0 saturated carbocycles. The molecular weight excluding hydrogens is 200 g/mol. The van der Waals surface area contributed by atoms with Gasteiger partial charge in [0.2, 0.25) is 0 Å². The maximum Gasteiger partial charge on any atom is 0.144 e. The molecule has 2 aromatic rings. The predicted octanol–water partition coefficient (Wildman–Crippen LogP) is 3.15. The number of hydrogen-bond acceptors (Lipinski definition) is 2. The fraction of sp³-hybridized carbons (Fsp3) is 0.286. The lowest BCUT2D eigenvalue weighted by Gasteiger charge is -2.23. The number of rotatable bonds is 2. The van der Waals surface area contributed by atoms with Crippen LogP contribution < -0.4 is 0 Å². The number of benzene rings is 1. The van der Waals surface area contributed by atoms with Gasteiger partial charge in [0.15, 0.2) is 0 Å². The van der Waals surface area contributed by atoms with E-state index in [-0.39, 0.29) is 0 Å². The van der Waals surface area contributed by atoms with Crippen LogP contribution in [0.15, 0.2) is 41.0 Å². The summed E-state index contributed by atoms with van der Waals surface area (Å²) in [7, 11) is 0. The zero-order valence-electron chi connectivity index (χ0n) is 9.82. The van der Waals surface area contributed by atoms with Gasteiger partial charge in [-0.3, -0.25) is 0 Å². The fourth-order valence-corrected chi connectivity index (χ4v) is 1.95. The predicted molar refractivity (Wildman–Crippen MR) is 63.3 cm³/mol.